The van der Waals surface area contributed by atoms with Gasteiger partial charge in [-0.2, -0.15) is 0 Å². The molecule has 1 aromatic heterocycles. The average molecular weight is 302 g/mol. The van der Waals surface area contributed by atoms with Crippen LogP contribution in [0.1, 0.15) is 29.6 Å². The highest BCUT2D eigenvalue weighted by Crippen LogP contribution is 2.17. The lowest BCUT2D eigenvalue weighted by Gasteiger charge is -2.07. The molecule has 1 heterocycles. The fourth-order valence-corrected chi connectivity index (χ4v) is 1.74. The molecule has 0 aliphatic rings. The summed E-state index contributed by atoms with van der Waals surface area (Å²) >= 11 is 3.25. The number of aromatic nitrogens is 1. The van der Waals surface area contributed by atoms with Crippen molar-refractivity contribution < 1.29 is 9.90 Å². The molecule has 0 spiro atoms. The van der Waals surface area contributed by atoms with Crippen molar-refractivity contribution in [2.24, 2.45) is 0 Å². The summed E-state index contributed by atoms with van der Waals surface area (Å²) in [6, 6.07) is 1.53. The van der Waals surface area contributed by atoms with Crippen LogP contribution in [0.3, 0.4) is 0 Å². The Hall–Kier alpha value is -1.14. The number of aliphatic hydroxyl groups is 1. The molecule has 1 amide bonds. The first-order chi connectivity index (χ1) is 8.15. The molecule has 0 unspecified atom stereocenters. The third kappa shape index (κ3) is 4.70. The maximum absolute atomic E-state index is 11.8. The van der Waals surface area contributed by atoms with E-state index in [-0.39, 0.29) is 12.5 Å². The second-order valence-electron chi connectivity index (χ2n) is 3.63. The molecule has 0 atom stereocenters. The number of amides is 1. The minimum atomic E-state index is -0.171. The van der Waals surface area contributed by atoms with Crippen molar-refractivity contribution in [1.29, 1.82) is 0 Å². The molecule has 0 saturated carbocycles. The number of halogens is 1. The summed E-state index contributed by atoms with van der Waals surface area (Å²) in [4.78, 5) is 15.6. The van der Waals surface area contributed by atoms with Crippen molar-refractivity contribution in [3.05, 3.63) is 22.3 Å². The number of rotatable bonds is 6. The van der Waals surface area contributed by atoms with E-state index in [9.17, 15) is 4.79 Å². The molecule has 4 N–H and O–H groups in total. The number of aliphatic hydroxyl groups excluding tert-OH is 1. The molecule has 1 rings (SSSR count). The maximum Gasteiger partial charge on any atom is 0.252 e. The molecule has 0 aliphatic carbocycles. The summed E-state index contributed by atoms with van der Waals surface area (Å²) in [5.74, 6) is 0.147. The van der Waals surface area contributed by atoms with E-state index in [1.807, 2.05) is 0 Å². The Kier molecular flexibility index (Phi) is 5.93. The van der Waals surface area contributed by atoms with Gasteiger partial charge in [0.15, 0.2) is 0 Å². The largest absolute Gasteiger partial charge is 0.396 e. The van der Waals surface area contributed by atoms with Crippen molar-refractivity contribution in [2.75, 3.05) is 18.9 Å². The Morgan fingerprint density at radius 3 is 2.94 bits per heavy atom. The zero-order chi connectivity index (χ0) is 12.7. The highest BCUT2D eigenvalue weighted by molar-refractivity contribution is 9.10. The maximum atomic E-state index is 11.8. The van der Waals surface area contributed by atoms with Crippen molar-refractivity contribution in [3.8, 4) is 0 Å². The van der Waals surface area contributed by atoms with E-state index in [1.54, 1.807) is 0 Å². The van der Waals surface area contributed by atoms with Crippen molar-refractivity contribution in [1.82, 2.24) is 10.3 Å². The number of hydrogen-bond acceptors (Lipinski definition) is 4. The van der Waals surface area contributed by atoms with E-state index in [1.165, 1.54) is 12.3 Å². The predicted molar refractivity (Wildman–Crippen MR) is 69.6 cm³/mol. The van der Waals surface area contributed by atoms with Crippen LogP contribution in [0, 0.1) is 0 Å². The zero-order valence-electron chi connectivity index (χ0n) is 9.45. The van der Waals surface area contributed by atoms with Crippen LogP contribution in [-0.4, -0.2) is 29.1 Å². The quantitative estimate of drug-likeness (QED) is 0.692. The predicted octanol–water partition coefficient (Wildman–Crippen LogP) is 1.32. The first kappa shape index (κ1) is 13.9. The minimum absolute atomic E-state index is 0.171. The second kappa shape index (κ2) is 7.24. The summed E-state index contributed by atoms with van der Waals surface area (Å²) < 4.78 is 0.625. The van der Waals surface area contributed by atoms with Gasteiger partial charge < -0.3 is 16.2 Å². The molecule has 94 valence electrons. The van der Waals surface area contributed by atoms with Gasteiger partial charge in [-0.15, -0.1) is 0 Å². The summed E-state index contributed by atoms with van der Waals surface area (Å²) in [5.41, 5.74) is 6.01. The topological polar surface area (TPSA) is 88.2 Å². The zero-order valence-corrected chi connectivity index (χ0v) is 11.0. The van der Waals surface area contributed by atoms with Gasteiger partial charge in [-0.25, -0.2) is 4.98 Å². The van der Waals surface area contributed by atoms with Gasteiger partial charge in [-0.1, -0.05) is 0 Å². The summed E-state index contributed by atoms with van der Waals surface area (Å²) in [5, 5.41) is 11.4. The molecule has 0 bridgehead atoms. The lowest BCUT2D eigenvalue weighted by atomic mass is 10.2. The van der Waals surface area contributed by atoms with Crippen LogP contribution in [0.2, 0.25) is 0 Å². The number of nitrogens with one attached hydrogen (secondary N) is 1. The van der Waals surface area contributed by atoms with E-state index in [2.05, 4.69) is 26.2 Å². The van der Waals surface area contributed by atoms with E-state index < -0.39 is 0 Å². The Morgan fingerprint density at radius 2 is 2.24 bits per heavy atom. The fourth-order valence-electron chi connectivity index (χ4n) is 1.34. The van der Waals surface area contributed by atoms with Crippen LogP contribution >= 0.6 is 15.9 Å². The molecule has 5 nitrogen and oxygen atoms in total. The number of nitrogen functional groups attached to an aromatic ring is 1. The molecule has 6 heteroatoms. The van der Waals surface area contributed by atoms with Crippen molar-refractivity contribution in [2.45, 2.75) is 19.3 Å². The standard InChI is InChI=1S/C11H16BrN3O2/c12-9-7-15-10(13)6-8(9)11(17)14-4-2-1-3-5-16/h6-7,16H,1-5H2,(H2,13,15)(H,14,17). The van der Waals surface area contributed by atoms with Crippen LogP contribution < -0.4 is 11.1 Å². The molecule has 0 radical (unpaired) electrons. The smallest absolute Gasteiger partial charge is 0.252 e. The van der Waals surface area contributed by atoms with Gasteiger partial charge in [-0.05, 0) is 41.3 Å². The monoisotopic (exact) mass is 301 g/mol. The van der Waals surface area contributed by atoms with E-state index in [0.717, 1.165) is 19.3 Å². The number of unbranched alkanes of at least 4 members (excludes halogenated alkanes) is 2. The van der Waals surface area contributed by atoms with E-state index >= 15 is 0 Å². The number of anilines is 1. The van der Waals surface area contributed by atoms with Crippen LogP contribution in [0.4, 0.5) is 5.82 Å². The highest BCUT2D eigenvalue weighted by atomic mass is 79.9. The van der Waals surface area contributed by atoms with Gasteiger partial charge in [0.1, 0.15) is 5.82 Å². The van der Waals surface area contributed by atoms with Crippen LogP contribution in [0.25, 0.3) is 0 Å². The first-order valence-corrected chi connectivity index (χ1v) is 6.24. The summed E-state index contributed by atoms with van der Waals surface area (Å²) in [6.45, 7) is 0.786. The Labute approximate surface area is 109 Å². The van der Waals surface area contributed by atoms with Gasteiger partial charge >= 0.3 is 0 Å². The number of nitrogens with zero attached hydrogens (tertiary/aromatic N) is 1. The number of nitrogens with two attached hydrogens (primary N) is 1. The van der Waals surface area contributed by atoms with Crippen molar-refractivity contribution >= 4 is 27.7 Å². The highest BCUT2D eigenvalue weighted by Gasteiger charge is 2.10. The normalized spacial score (nSPS) is 10.2. The molecule has 0 saturated heterocycles. The van der Waals surface area contributed by atoms with Crippen LogP contribution in [-0.2, 0) is 0 Å². The lowest BCUT2D eigenvalue weighted by Crippen LogP contribution is -2.25. The number of pyridine rings is 1. The molecule has 17 heavy (non-hydrogen) atoms. The van der Waals surface area contributed by atoms with Crippen molar-refractivity contribution in [3.63, 3.8) is 0 Å². The molecular weight excluding hydrogens is 286 g/mol. The molecular formula is C11H16BrN3O2. The molecule has 0 aliphatic heterocycles. The van der Waals surface area contributed by atoms with Crippen LogP contribution in [0.15, 0.2) is 16.7 Å². The summed E-state index contributed by atoms with van der Waals surface area (Å²) in [6.07, 6.45) is 4.03. The molecule has 0 aromatic carbocycles. The number of carbonyl (C=O) groups excluding carboxylic acids is 1. The Bertz CT molecular complexity index is 385. The second-order valence-corrected chi connectivity index (χ2v) is 4.48. The van der Waals surface area contributed by atoms with Gasteiger partial charge in [0.2, 0.25) is 0 Å². The molecule has 0 fully saturated rings. The average Bonchev–Trinajstić information content (AvgIpc) is 2.32. The number of hydrogen-bond donors (Lipinski definition) is 3. The third-order valence-corrected chi connectivity index (χ3v) is 2.87. The lowest BCUT2D eigenvalue weighted by molar-refractivity contribution is 0.0952. The van der Waals surface area contributed by atoms with Gasteiger partial charge in [0.05, 0.1) is 5.56 Å². The van der Waals surface area contributed by atoms with E-state index in [4.69, 9.17) is 10.8 Å². The molecule has 1 aromatic rings. The van der Waals surface area contributed by atoms with E-state index in [0.29, 0.717) is 22.4 Å². The minimum Gasteiger partial charge on any atom is -0.396 e. The Balaban J connectivity index is 2.44. The van der Waals surface area contributed by atoms with Gasteiger partial charge in [0.25, 0.3) is 5.91 Å². The van der Waals surface area contributed by atoms with Gasteiger partial charge in [-0.3, -0.25) is 4.79 Å². The summed E-state index contributed by atoms with van der Waals surface area (Å²) in [7, 11) is 0. The fraction of sp³-hybridized carbons (Fsp3) is 0.455. The Morgan fingerprint density at radius 1 is 1.47 bits per heavy atom. The third-order valence-electron chi connectivity index (χ3n) is 2.24. The number of carbonyl (C=O) groups is 1. The first-order valence-electron chi connectivity index (χ1n) is 5.45. The van der Waals surface area contributed by atoms with Crippen LogP contribution in [0.5, 0.6) is 0 Å². The van der Waals surface area contributed by atoms with Gasteiger partial charge in [0, 0.05) is 23.8 Å². The SMILES string of the molecule is Nc1cc(C(=O)NCCCCCO)c(Br)cn1.